The van der Waals surface area contributed by atoms with Gasteiger partial charge in [-0.3, -0.25) is 10.1 Å². The standard InChI is InChI=1S/C23H19F3N4O4S/c1-2-33-22(32)30-21(35)29-19-10-9-18(13-27-19)34-17-8-4-7-16(12-17)28-20(31)14-5-3-6-15(11-14)23(24,25)26/h3-13H,2H2,1H3,(H,28,31)(H2,27,29,30,32,35). The number of carbonyl (C=O) groups excluding carboxylic acids is 2. The van der Waals surface area contributed by atoms with Crippen LogP contribution in [0.15, 0.2) is 66.9 Å². The summed E-state index contributed by atoms with van der Waals surface area (Å²) in [6.45, 7) is 1.87. The van der Waals surface area contributed by atoms with Crippen LogP contribution in [0.5, 0.6) is 11.5 Å². The van der Waals surface area contributed by atoms with E-state index >= 15 is 0 Å². The zero-order valence-electron chi connectivity index (χ0n) is 18.2. The van der Waals surface area contributed by atoms with Crippen LogP contribution in [0.1, 0.15) is 22.8 Å². The summed E-state index contributed by atoms with van der Waals surface area (Å²) in [5, 5.41) is 7.60. The molecule has 0 bridgehead atoms. The lowest BCUT2D eigenvalue weighted by atomic mass is 10.1. The number of halogens is 3. The molecule has 0 saturated heterocycles. The molecule has 2 aromatic carbocycles. The number of alkyl carbamates (subject to hydrolysis) is 1. The first-order chi connectivity index (χ1) is 16.6. The third-order valence-corrected chi connectivity index (χ3v) is 4.45. The van der Waals surface area contributed by atoms with Gasteiger partial charge in [0.2, 0.25) is 0 Å². The first-order valence-corrected chi connectivity index (χ1v) is 10.5. The van der Waals surface area contributed by atoms with Crippen molar-refractivity contribution in [2.24, 2.45) is 0 Å². The summed E-state index contributed by atoms with van der Waals surface area (Å²) in [4.78, 5) is 27.9. The molecule has 1 aromatic heterocycles. The predicted molar refractivity (Wildman–Crippen MR) is 127 cm³/mol. The molecule has 2 amide bonds. The summed E-state index contributed by atoms with van der Waals surface area (Å²) < 4.78 is 49.1. The van der Waals surface area contributed by atoms with Crippen molar-refractivity contribution in [3.63, 3.8) is 0 Å². The van der Waals surface area contributed by atoms with Gasteiger partial charge < -0.3 is 20.1 Å². The maximum absolute atomic E-state index is 12.9. The number of anilines is 2. The highest BCUT2D eigenvalue weighted by molar-refractivity contribution is 7.80. The highest BCUT2D eigenvalue weighted by Crippen LogP contribution is 2.30. The van der Waals surface area contributed by atoms with Crippen LogP contribution in [0.4, 0.5) is 29.5 Å². The number of aromatic nitrogens is 1. The van der Waals surface area contributed by atoms with Crippen molar-refractivity contribution in [3.05, 3.63) is 78.0 Å². The number of hydrogen-bond donors (Lipinski definition) is 3. The smallest absolute Gasteiger partial charge is 0.416 e. The summed E-state index contributed by atoms with van der Waals surface area (Å²) in [6, 6.07) is 13.6. The van der Waals surface area contributed by atoms with Crippen LogP contribution >= 0.6 is 12.2 Å². The molecule has 8 nitrogen and oxygen atoms in total. The lowest BCUT2D eigenvalue weighted by molar-refractivity contribution is -0.137. The van der Waals surface area contributed by atoms with E-state index in [4.69, 9.17) is 21.7 Å². The van der Waals surface area contributed by atoms with Crippen LogP contribution in [0, 0.1) is 0 Å². The molecule has 0 atom stereocenters. The first kappa shape index (κ1) is 25.4. The molecule has 0 spiro atoms. The molecular weight excluding hydrogens is 485 g/mol. The molecule has 35 heavy (non-hydrogen) atoms. The molecule has 0 aliphatic rings. The number of alkyl halides is 3. The van der Waals surface area contributed by atoms with Crippen LogP contribution in [0.25, 0.3) is 0 Å². The molecular formula is C23H19F3N4O4S. The Bertz CT molecular complexity index is 1220. The van der Waals surface area contributed by atoms with E-state index in [-0.39, 0.29) is 17.3 Å². The fourth-order valence-electron chi connectivity index (χ4n) is 2.74. The van der Waals surface area contributed by atoms with Gasteiger partial charge >= 0.3 is 12.3 Å². The average molecular weight is 504 g/mol. The number of thiocarbonyl (C=S) groups is 1. The molecule has 182 valence electrons. The largest absolute Gasteiger partial charge is 0.456 e. The van der Waals surface area contributed by atoms with Gasteiger partial charge in [-0.2, -0.15) is 13.2 Å². The SMILES string of the molecule is CCOC(=O)NC(=S)Nc1ccc(Oc2cccc(NC(=O)c3cccc(C(F)(F)F)c3)c2)cn1. The van der Waals surface area contributed by atoms with Crippen molar-refractivity contribution in [2.75, 3.05) is 17.2 Å². The lowest BCUT2D eigenvalue weighted by Crippen LogP contribution is -2.34. The third-order valence-electron chi connectivity index (χ3n) is 4.25. The van der Waals surface area contributed by atoms with E-state index < -0.39 is 23.7 Å². The zero-order valence-corrected chi connectivity index (χ0v) is 19.0. The van der Waals surface area contributed by atoms with Gasteiger partial charge in [0.25, 0.3) is 5.91 Å². The van der Waals surface area contributed by atoms with Crippen LogP contribution in [-0.4, -0.2) is 28.7 Å². The number of carbonyl (C=O) groups is 2. The molecule has 0 saturated carbocycles. The van der Waals surface area contributed by atoms with Gasteiger partial charge in [0.15, 0.2) is 5.11 Å². The Morgan fingerprint density at radius 3 is 2.46 bits per heavy atom. The number of ether oxygens (including phenoxy) is 2. The average Bonchev–Trinajstić information content (AvgIpc) is 2.80. The van der Waals surface area contributed by atoms with E-state index in [2.05, 4.69) is 20.9 Å². The monoisotopic (exact) mass is 504 g/mol. The summed E-state index contributed by atoms with van der Waals surface area (Å²) in [7, 11) is 0. The highest BCUT2D eigenvalue weighted by atomic mass is 32.1. The number of rotatable bonds is 6. The quantitative estimate of drug-likeness (QED) is 0.376. The van der Waals surface area contributed by atoms with Gasteiger partial charge in [0.1, 0.15) is 17.3 Å². The van der Waals surface area contributed by atoms with E-state index in [1.54, 1.807) is 37.3 Å². The van der Waals surface area contributed by atoms with E-state index in [9.17, 15) is 22.8 Å². The fourth-order valence-corrected chi connectivity index (χ4v) is 2.92. The molecule has 3 rings (SSSR count). The Kier molecular flexibility index (Phi) is 8.21. The molecule has 3 N–H and O–H groups in total. The fraction of sp³-hybridized carbons (Fsp3) is 0.130. The van der Waals surface area contributed by atoms with E-state index in [0.717, 1.165) is 12.1 Å². The summed E-state index contributed by atoms with van der Waals surface area (Å²) >= 11 is 4.99. The van der Waals surface area contributed by atoms with Gasteiger partial charge in [0.05, 0.1) is 18.4 Å². The molecule has 0 aliphatic heterocycles. The number of nitrogens with zero attached hydrogens (tertiary/aromatic N) is 1. The van der Waals surface area contributed by atoms with Gasteiger partial charge in [-0.25, -0.2) is 9.78 Å². The van der Waals surface area contributed by atoms with Crippen LogP contribution in [-0.2, 0) is 10.9 Å². The molecule has 0 radical (unpaired) electrons. The van der Waals surface area contributed by atoms with Gasteiger partial charge in [-0.1, -0.05) is 12.1 Å². The van der Waals surface area contributed by atoms with Crippen molar-refractivity contribution in [1.82, 2.24) is 10.3 Å². The van der Waals surface area contributed by atoms with Gasteiger partial charge in [-0.15, -0.1) is 0 Å². The lowest BCUT2D eigenvalue weighted by Gasteiger charge is -2.11. The summed E-state index contributed by atoms with van der Waals surface area (Å²) in [5.74, 6) is 0.369. The highest BCUT2D eigenvalue weighted by Gasteiger charge is 2.30. The Hall–Kier alpha value is -4.19. The Balaban J connectivity index is 1.61. The number of nitrogens with one attached hydrogen (secondary N) is 3. The summed E-state index contributed by atoms with van der Waals surface area (Å²) in [6.07, 6.45) is -3.83. The minimum atomic E-state index is -4.55. The van der Waals surface area contributed by atoms with E-state index in [1.807, 2.05) is 0 Å². The van der Waals surface area contributed by atoms with Crippen molar-refractivity contribution >= 4 is 40.8 Å². The second-order valence-electron chi connectivity index (χ2n) is 6.84. The topological polar surface area (TPSA) is 102 Å². The van der Waals surface area contributed by atoms with Crippen molar-refractivity contribution < 1.29 is 32.2 Å². The normalized spacial score (nSPS) is 10.7. The number of pyridine rings is 1. The van der Waals surface area contributed by atoms with E-state index in [1.165, 1.54) is 24.4 Å². The molecule has 12 heteroatoms. The maximum atomic E-state index is 12.9. The van der Waals surface area contributed by atoms with Gasteiger partial charge in [-0.05, 0) is 61.6 Å². The predicted octanol–water partition coefficient (Wildman–Crippen LogP) is 5.59. The second kappa shape index (κ2) is 11.3. The molecule has 3 aromatic rings. The van der Waals surface area contributed by atoms with Crippen molar-refractivity contribution in [2.45, 2.75) is 13.1 Å². The molecule has 0 fully saturated rings. The number of amides is 2. The molecule has 0 aliphatic carbocycles. The zero-order chi connectivity index (χ0) is 25.4. The van der Waals surface area contributed by atoms with E-state index in [0.29, 0.717) is 23.0 Å². The minimum absolute atomic E-state index is 0.00818. The Morgan fingerprint density at radius 1 is 1.00 bits per heavy atom. The second-order valence-corrected chi connectivity index (χ2v) is 7.25. The number of hydrogen-bond acceptors (Lipinski definition) is 6. The first-order valence-electron chi connectivity index (χ1n) is 10.1. The maximum Gasteiger partial charge on any atom is 0.416 e. The molecule has 0 unspecified atom stereocenters. The number of benzene rings is 2. The summed E-state index contributed by atoms with van der Waals surface area (Å²) in [5.41, 5.74) is -0.717. The third kappa shape index (κ3) is 7.67. The van der Waals surface area contributed by atoms with Crippen molar-refractivity contribution in [3.8, 4) is 11.5 Å². The molecule has 1 heterocycles. The van der Waals surface area contributed by atoms with Crippen LogP contribution in [0.3, 0.4) is 0 Å². The van der Waals surface area contributed by atoms with Gasteiger partial charge in [0, 0.05) is 17.3 Å². The van der Waals surface area contributed by atoms with Crippen molar-refractivity contribution in [1.29, 1.82) is 0 Å². The van der Waals surface area contributed by atoms with Crippen LogP contribution in [0.2, 0.25) is 0 Å². The Morgan fingerprint density at radius 2 is 1.77 bits per heavy atom. The Labute approximate surface area is 203 Å². The minimum Gasteiger partial charge on any atom is -0.456 e. The van der Waals surface area contributed by atoms with Crippen LogP contribution < -0.4 is 20.7 Å².